The van der Waals surface area contributed by atoms with Crippen molar-refractivity contribution in [2.75, 3.05) is 25.1 Å². The lowest BCUT2D eigenvalue weighted by Gasteiger charge is -2.39. The van der Waals surface area contributed by atoms with E-state index in [1.807, 2.05) is 0 Å². The topological polar surface area (TPSA) is 127 Å². The molecule has 2 aliphatic rings. The molecule has 4 heterocycles. The molecular formula is C25H29ClF2N6O5. The monoisotopic (exact) mass is 566 g/mol. The first-order valence-corrected chi connectivity index (χ1v) is 12.6. The Morgan fingerprint density at radius 1 is 1.26 bits per heavy atom. The number of alkyl halides is 2. The van der Waals surface area contributed by atoms with E-state index in [2.05, 4.69) is 20.3 Å². The molecule has 3 amide bonds. The number of anilines is 1. The first-order valence-electron chi connectivity index (χ1n) is 12.2. The molecule has 2 atom stereocenters. The predicted molar refractivity (Wildman–Crippen MR) is 136 cm³/mol. The molecule has 2 aliphatic heterocycles. The lowest BCUT2D eigenvalue weighted by atomic mass is 9.94. The Bertz CT molecular complexity index is 1300. The van der Waals surface area contributed by atoms with Crippen LogP contribution in [-0.2, 0) is 9.53 Å². The van der Waals surface area contributed by atoms with Crippen LogP contribution in [0.1, 0.15) is 61.5 Å². The summed E-state index contributed by atoms with van der Waals surface area (Å²) in [5.41, 5.74) is -0.337. The van der Waals surface area contributed by atoms with Crippen LogP contribution in [0.5, 0.6) is 5.75 Å². The van der Waals surface area contributed by atoms with E-state index in [0.29, 0.717) is 10.6 Å². The van der Waals surface area contributed by atoms with E-state index >= 15 is 0 Å². The molecule has 0 radical (unpaired) electrons. The SMILES string of the molecule is Cc1cnc(C(=O)N[C@H]2COc3cc(Cl)cnc3N(C)C2=O)nc1C1CC(F)(F)CCN1C(=O)OC(C)(C)C. The number of hydrogen-bond acceptors (Lipinski definition) is 8. The van der Waals surface area contributed by atoms with Crippen molar-refractivity contribution in [3.8, 4) is 5.75 Å². The molecule has 4 rings (SSSR count). The number of ether oxygens (including phenoxy) is 2. The summed E-state index contributed by atoms with van der Waals surface area (Å²) in [6.07, 6.45) is 0.697. The van der Waals surface area contributed by atoms with E-state index < -0.39 is 54.4 Å². The van der Waals surface area contributed by atoms with E-state index in [9.17, 15) is 23.2 Å². The molecule has 11 nitrogen and oxygen atoms in total. The van der Waals surface area contributed by atoms with Crippen LogP contribution < -0.4 is 15.0 Å². The van der Waals surface area contributed by atoms with Crippen molar-refractivity contribution in [2.45, 2.75) is 64.1 Å². The van der Waals surface area contributed by atoms with Crippen molar-refractivity contribution < 1.29 is 32.6 Å². The van der Waals surface area contributed by atoms with Crippen LogP contribution in [0.15, 0.2) is 18.5 Å². The first kappa shape index (κ1) is 28.4. The van der Waals surface area contributed by atoms with Crippen LogP contribution in [0, 0.1) is 6.92 Å². The Kier molecular flexibility index (Phi) is 7.66. The summed E-state index contributed by atoms with van der Waals surface area (Å²) in [6.45, 7) is 6.16. The Labute approximate surface area is 228 Å². The number of rotatable bonds is 3. The van der Waals surface area contributed by atoms with Gasteiger partial charge >= 0.3 is 6.09 Å². The van der Waals surface area contributed by atoms with Crippen LogP contribution in [0.25, 0.3) is 0 Å². The van der Waals surface area contributed by atoms with Crippen molar-refractivity contribution >= 4 is 35.3 Å². The fraction of sp³-hybridized carbons (Fsp3) is 0.520. The van der Waals surface area contributed by atoms with Gasteiger partial charge in [-0.25, -0.2) is 28.5 Å². The van der Waals surface area contributed by atoms with Gasteiger partial charge in [0.15, 0.2) is 11.6 Å². The Hall–Kier alpha value is -3.61. The largest absolute Gasteiger partial charge is 0.487 e. The lowest BCUT2D eigenvalue weighted by molar-refractivity contribution is -0.120. The third-order valence-corrected chi connectivity index (χ3v) is 6.41. The maximum absolute atomic E-state index is 14.5. The smallest absolute Gasteiger partial charge is 0.410 e. The lowest BCUT2D eigenvalue weighted by Crippen LogP contribution is -2.50. The van der Waals surface area contributed by atoms with Gasteiger partial charge in [0, 0.05) is 44.9 Å². The highest BCUT2D eigenvalue weighted by atomic mass is 35.5. The first-order chi connectivity index (χ1) is 18.1. The molecule has 1 saturated heterocycles. The maximum Gasteiger partial charge on any atom is 0.410 e. The summed E-state index contributed by atoms with van der Waals surface area (Å²) in [7, 11) is 1.48. The summed E-state index contributed by atoms with van der Waals surface area (Å²) < 4.78 is 40.1. The average Bonchev–Trinajstić information content (AvgIpc) is 2.94. The Morgan fingerprint density at radius 3 is 2.67 bits per heavy atom. The minimum atomic E-state index is -3.05. The number of halogens is 3. The minimum Gasteiger partial charge on any atom is -0.487 e. The number of pyridine rings is 1. The number of piperidine rings is 1. The molecule has 0 bridgehead atoms. The Morgan fingerprint density at radius 2 is 1.97 bits per heavy atom. The van der Waals surface area contributed by atoms with E-state index in [1.165, 1.54) is 35.3 Å². The molecular weight excluding hydrogens is 538 g/mol. The van der Waals surface area contributed by atoms with Gasteiger partial charge in [-0.1, -0.05) is 11.6 Å². The van der Waals surface area contributed by atoms with E-state index in [0.717, 1.165) is 0 Å². The third-order valence-electron chi connectivity index (χ3n) is 6.20. The number of hydrogen-bond donors (Lipinski definition) is 1. The number of amides is 3. The van der Waals surface area contributed by atoms with Gasteiger partial charge in [-0.15, -0.1) is 0 Å². The van der Waals surface area contributed by atoms with E-state index in [4.69, 9.17) is 21.1 Å². The maximum atomic E-state index is 14.5. The fourth-order valence-corrected chi connectivity index (χ4v) is 4.45. The van der Waals surface area contributed by atoms with Gasteiger partial charge in [0.05, 0.1) is 16.8 Å². The van der Waals surface area contributed by atoms with Crippen molar-refractivity contribution in [1.82, 2.24) is 25.2 Å². The number of aryl methyl sites for hydroxylation is 1. The predicted octanol–water partition coefficient (Wildman–Crippen LogP) is 3.69. The van der Waals surface area contributed by atoms with Gasteiger partial charge in [-0.2, -0.15) is 0 Å². The highest BCUT2D eigenvalue weighted by Crippen LogP contribution is 2.40. The second kappa shape index (κ2) is 10.5. The van der Waals surface area contributed by atoms with Gasteiger partial charge in [0.1, 0.15) is 18.2 Å². The summed E-state index contributed by atoms with van der Waals surface area (Å²) in [6, 6.07) is -0.776. The third kappa shape index (κ3) is 6.35. The number of likely N-dealkylation sites (tertiary alicyclic amines) is 1. The molecule has 0 spiro atoms. The van der Waals surface area contributed by atoms with E-state index in [-0.39, 0.29) is 36.2 Å². The molecule has 39 heavy (non-hydrogen) atoms. The van der Waals surface area contributed by atoms with Gasteiger partial charge < -0.3 is 14.8 Å². The van der Waals surface area contributed by atoms with Crippen LogP contribution in [0.3, 0.4) is 0 Å². The van der Waals surface area contributed by atoms with Crippen LogP contribution in [0.2, 0.25) is 5.02 Å². The zero-order valence-electron chi connectivity index (χ0n) is 22.1. The zero-order chi connectivity index (χ0) is 28.7. The summed E-state index contributed by atoms with van der Waals surface area (Å²) in [5, 5.41) is 2.85. The number of carbonyl (C=O) groups excluding carboxylic acids is 3. The van der Waals surface area contributed by atoms with Crippen molar-refractivity contribution in [3.05, 3.63) is 40.6 Å². The van der Waals surface area contributed by atoms with Gasteiger partial charge in [0.25, 0.3) is 17.7 Å². The molecule has 0 aliphatic carbocycles. The Balaban J connectivity index is 1.58. The summed E-state index contributed by atoms with van der Waals surface area (Å²) in [5.74, 6) is -4.24. The second-order valence-corrected chi connectivity index (χ2v) is 10.9. The van der Waals surface area contributed by atoms with Gasteiger partial charge in [0.2, 0.25) is 5.82 Å². The van der Waals surface area contributed by atoms with Crippen LogP contribution in [-0.4, -0.2) is 75.5 Å². The number of carbonyl (C=O) groups is 3. The number of nitrogens with zero attached hydrogens (tertiary/aromatic N) is 5. The van der Waals surface area contributed by atoms with Crippen LogP contribution in [0.4, 0.5) is 19.4 Å². The molecule has 2 aromatic heterocycles. The van der Waals surface area contributed by atoms with Crippen molar-refractivity contribution in [3.63, 3.8) is 0 Å². The molecule has 2 aromatic rings. The number of fused-ring (bicyclic) bond motifs is 1. The normalized spacial score (nSPS) is 21.0. The summed E-state index contributed by atoms with van der Waals surface area (Å²) >= 11 is 5.97. The molecule has 14 heteroatoms. The minimum absolute atomic E-state index is 0.0900. The molecule has 210 valence electrons. The quantitative estimate of drug-likeness (QED) is 0.596. The average molecular weight is 567 g/mol. The van der Waals surface area contributed by atoms with Crippen molar-refractivity contribution in [2.24, 2.45) is 0 Å². The molecule has 0 aromatic carbocycles. The fourth-order valence-electron chi connectivity index (χ4n) is 4.30. The standard InChI is InChI=1S/C25H29ClF2N6O5/c1-13-10-29-19(21(35)31-15-12-38-17-8-14(26)11-30-20(17)33(5)22(15)36)32-18(13)16-9-25(27,28)6-7-34(16)23(37)39-24(2,3)4/h8,10-11,15-16H,6-7,9,12H2,1-5H3,(H,31,35)/t15-,16?/m0/s1. The highest BCUT2D eigenvalue weighted by molar-refractivity contribution is 6.30. The molecule has 1 N–H and O–H groups in total. The van der Waals surface area contributed by atoms with Gasteiger partial charge in [-0.05, 0) is 33.3 Å². The molecule has 1 fully saturated rings. The van der Waals surface area contributed by atoms with Gasteiger partial charge in [-0.3, -0.25) is 19.4 Å². The van der Waals surface area contributed by atoms with Crippen molar-refractivity contribution in [1.29, 1.82) is 0 Å². The number of nitrogens with one attached hydrogen (secondary N) is 1. The molecule has 1 unspecified atom stereocenters. The molecule has 0 saturated carbocycles. The van der Waals surface area contributed by atoms with E-state index in [1.54, 1.807) is 27.7 Å². The highest BCUT2D eigenvalue weighted by Gasteiger charge is 2.45. The van der Waals surface area contributed by atoms with Crippen LogP contribution >= 0.6 is 11.6 Å². The summed E-state index contributed by atoms with van der Waals surface area (Å²) in [4.78, 5) is 53.9. The number of likely N-dealkylation sites (N-methyl/N-ethyl adjacent to an activating group) is 1. The zero-order valence-corrected chi connectivity index (χ0v) is 22.9. The number of aromatic nitrogens is 3. The second-order valence-electron chi connectivity index (χ2n) is 10.5.